The third-order valence-corrected chi connectivity index (χ3v) is 5.24. The lowest BCUT2D eigenvalue weighted by Gasteiger charge is -2.35. The van der Waals surface area contributed by atoms with Gasteiger partial charge in [-0.05, 0) is 49.3 Å². The summed E-state index contributed by atoms with van der Waals surface area (Å²) in [4.78, 5) is 22.9. The molecule has 1 atom stereocenters. The summed E-state index contributed by atoms with van der Waals surface area (Å²) in [5.74, 6) is 1.28. The molecule has 0 radical (unpaired) electrons. The lowest BCUT2D eigenvalue weighted by atomic mass is 10.0. The minimum atomic E-state index is -0.893. The van der Waals surface area contributed by atoms with Gasteiger partial charge in [0.25, 0.3) is 0 Å². The van der Waals surface area contributed by atoms with Crippen LogP contribution in [0.2, 0.25) is 0 Å². The summed E-state index contributed by atoms with van der Waals surface area (Å²) >= 11 is 0. The Bertz CT molecular complexity index is 1050. The standard InChI is InChI=1S/C22H24FN5O2/c1-2-19-26-20-16(5-3-6-18(20)30-22(24)29)21(27-19)25-17(13-28-11-4-12-28)14-7-9-15(23)10-8-14/h3,5-10,17H,2,4,11-13H2,1H3,(H2,24,29)(H,25,26,27)/t17-/m1/s1. The van der Waals surface area contributed by atoms with Crippen LogP contribution in [0.5, 0.6) is 5.75 Å². The van der Waals surface area contributed by atoms with Crippen LogP contribution in [0.25, 0.3) is 10.9 Å². The first-order valence-electron chi connectivity index (χ1n) is 10.0. The van der Waals surface area contributed by atoms with Crippen LogP contribution in [-0.2, 0) is 6.42 Å². The predicted molar refractivity (Wildman–Crippen MR) is 113 cm³/mol. The Labute approximate surface area is 174 Å². The van der Waals surface area contributed by atoms with E-state index in [2.05, 4.69) is 20.2 Å². The fourth-order valence-electron chi connectivity index (χ4n) is 3.55. The molecule has 2 aromatic carbocycles. The Morgan fingerprint density at radius 2 is 2.00 bits per heavy atom. The number of aromatic nitrogens is 2. The Morgan fingerprint density at radius 1 is 1.23 bits per heavy atom. The zero-order chi connectivity index (χ0) is 21.1. The smallest absolute Gasteiger partial charge is 0.408 e. The van der Waals surface area contributed by atoms with Gasteiger partial charge in [-0.1, -0.05) is 25.1 Å². The van der Waals surface area contributed by atoms with E-state index >= 15 is 0 Å². The molecule has 3 aromatic rings. The number of fused-ring (bicyclic) bond motifs is 1. The number of aryl methyl sites for hydroxylation is 1. The molecule has 156 valence electrons. The number of primary amides is 1. The highest BCUT2D eigenvalue weighted by atomic mass is 19.1. The van der Waals surface area contributed by atoms with Gasteiger partial charge in [0.1, 0.15) is 23.0 Å². The number of nitrogens with two attached hydrogens (primary N) is 1. The third-order valence-electron chi connectivity index (χ3n) is 5.24. The third kappa shape index (κ3) is 4.33. The highest BCUT2D eigenvalue weighted by Crippen LogP contribution is 2.31. The molecule has 1 aromatic heterocycles. The second-order valence-corrected chi connectivity index (χ2v) is 7.32. The summed E-state index contributed by atoms with van der Waals surface area (Å²) in [7, 11) is 0. The first-order valence-corrected chi connectivity index (χ1v) is 10.0. The van der Waals surface area contributed by atoms with Crippen molar-refractivity contribution in [2.45, 2.75) is 25.8 Å². The molecule has 0 spiro atoms. The number of hydrogen-bond donors (Lipinski definition) is 2. The number of carbonyl (C=O) groups is 1. The number of amides is 1. The van der Waals surface area contributed by atoms with Gasteiger partial charge < -0.3 is 20.7 Å². The van der Waals surface area contributed by atoms with E-state index in [1.807, 2.05) is 13.0 Å². The van der Waals surface area contributed by atoms with E-state index in [1.54, 1.807) is 24.3 Å². The minimum absolute atomic E-state index is 0.0885. The number of carbonyl (C=O) groups excluding carboxylic acids is 1. The molecule has 2 heterocycles. The first kappa shape index (κ1) is 20.0. The molecule has 0 bridgehead atoms. The summed E-state index contributed by atoms with van der Waals surface area (Å²) in [5, 5.41) is 4.25. The van der Waals surface area contributed by atoms with Crippen LogP contribution in [0.4, 0.5) is 15.0 Å². The van der Waals surface area contributed by atoms with Gasteiger partial charge >= 0.3 is 6.09 Å². The number of hydrogen-bond acceptors (Lipinski definition) is 6. The van der Waals surface area contributed by atoms with Crippen LogP contribution in [0.1, 0.15) is 30.8 Å². The van der Waals surface area contributed by atoms with Crippen molar-refractivity contribution < 1.29 is 13.9 Å². The van der Waals surface area contributed by atoms with E-state index in [0.717, 1.165) is 30.6 Å². The van der Waals surface area contributed by atoms with Crippen LogP contribution >= 0.6 is 0 Å². The number of benzene rings is 2. The molecule has 0 unspecified atom stereocenters. The molecule has 3 N–H and O–H groups in total. The number of para-hydroxylation sites is 1. The van der Waals surface area contributed by atoms with Crippen molar-refractivity contribution in [1.82, 2.24) is 14.9 Å². The van der Waals surface area contributed by atoms with Gasteiger partial charge in [-0.25, -0.2) is 19.2 Å². The number of halogens is 1. The van der Waals surface area contributed by atoms with Gasteiger partial charge in [-0.3, -0.25) is 0 Å². The summed E-state index contributed by atoms with van der Waals surface area (Å²) in [6.07, 6.45) is 0.902. The predicted octanol–water partition coefficient (Wildman–Crippen LogP) is 3.65. The SMILES string of the molecule is CCc1nc(N[C@H](CN2CCC2)c2ccc(F)cc2)c2cccc(OC(N)=O)c2n1. The zero-order valence-corrected chi connectivity index (χ0v) is 16.8. The molecule has 4 rings (SSSR count). The molecule has 1 fully saturated rings. The second-order valence-electron chi connectivity index (χ2n) is 7.32. The molecule has 0 aliphatic carbocycles. The van der Waals surface area contributed by atoms with E-state index in [4.69, 9.17) is 10.5 Å². The van der Waals surface area contributed by atoms with E-state index in [0.29, 0.717) is 29.3 Å². The van der Waals surface area contributed by atoms with E-state index < -0.39 is 6.09 Å². The van der Waals surface area contributed by atoms with E-state index in [1.165, 1.54) is 18.6 Å². The van der Waals surface area contributed by atoms with Crippen molar-refractivity contribution in [3.63, 3.8) is 0 Å². The van der Waals surface area contributed by atoms with Crippen LogP contribution in [0, 0.1) is 5.82 Å². The quantitative estimate of drug-likeness (QED) is 0.619. The second kappa shape index (κ2) is 8.62. The number of rotatable bonds is 7. The average Bonchev–Trinajstić information content (AvgIpc) is 2.70. The number of ether oxygens (including phenoxy) is 1. The molecule has 1 amide bonds. The summed E-state index contributed by atoms with van der Waals surface area (Å²) in [6, 6.07) is 11.7. The number of nitrogens with zero attached hydrogens (tertiary/aromatic N) is 3. The van der Waals surface area contributed by atoms with Crippen molar-refractivity contribution in [3.05, 3.63) is 59.7 Å². The highest BCUT2D eigenvalue weighted by Gasteiger charge is 2.22. The van der Waals surface area contributed by atoms with E-state index in [-0.39, 0.29) is 11.9 Å². The Balaban J connectivity index is 1.75. The molecule has 30 heavy (non-hydrogen) atoms. The van der Waals surface area contributed by atoms with E-state index in [9.17, 15) is 9.18 Å². The molecule has 7 nitrogen and oxygen atoms in total. The molecule has 1 saturated heterocycles. The lowest BCUT2D eigenvalue weighted by molar-refractivity contribution is 0.174. The summed E-state index contributed by atoms with van der Waals surface area (Å²) in [5.41, 5.74) is 6.70. The monoisotopic (exact) mass is 409 g/mol. The normalized spacial score (nSPS) is 14.9. The Kier molecular flexibility index (Phi) is 5.76. The maximum absolute atomic E-state index is 13.5. The van der Waals surface area contributed by atoms with Gasteiger partial charge in [0.15, 0.2) is 5.75 Å². The van der Waals surface area contributed by atoms with Crippen molar-refractivity contribution in [1.29, 1.82) is 0 Å². The molecular weight excluding hydrogens is 385 g/mol. The highest BCUT2D eigenvalue weighted by molar-refractivity contribution is 5.94. The fourth-order valence-corrected chi connectivity index (χ4v) is 3.55. The molecule has 0 saturated carbocycles. The average molecular weight is 409 g/mol. The lowest BCUT2D eigenvalue weighted by Crippen LogP contribution is -2.41. The maximum atomic E-state index is 13.5. The van der Waals surface area contributed by atoms with Crippen LogP contribution in [0.3, 0.4) is 0 Å². The van der Waals surface area contributed by atoms with Crippen LogP contribution in [0.15, 0.2) is 42.5 Å². The maximum Gasteiger partial charge on any atom is 0.410 e. The first-order chi connectivity index (χ1) is 14.5. The van der Waals surface area contributed by atoms with Crippen molar-refractivity contribution >= 4 is 22.8 Å². The molecular formula is C22H24FN5O2. The van der Waals surface area contributed by atoms with Crippen molar-refractivity contribution in [3.8, 4) is 5.75 Å². The summed E-state index contributed by atoms with van der Waals surface area (Å²) < 4.78 is 18.6. The van der Waals surface area contributed by atoms with Crippen molar-refractivity contribution in [2.24, 2.45) is 5.73 Å². The largest absolute Gasteiger partial charge is 0.410 e. The number of likely N-dealkylation sites (tertiary alicyclic amines) is 1. The van der Waals surface area contributed by atoms with Gasteiger partial charge in [-0.15, -0.1) is 0 Å². The van der Waals surface area contributed by atoms with Crippen molar-refractivity contribution in [2.75, 3.05) is 25.0 Å². The minimum Gasteiger partial charge on any atom is -0.408 e. The summed E-state index contributed by atoms with van der Waals surface area (Å²) in [6.45, 7) is 4.82. The molecule has 8 heteroatoms. The Morgan fingerprint density at radius 3 is 2.63 bits per heavy atom. The molecule has 1 aliphatic heterocycles. The van der Waals surface area contributed by atoms with Gasteiger partial charge in [0.05, 0.1) is 6.04 Å². The molecule has 1 aliphatic rings. The van der Waals surface area contributed by atoms with Crippen LogP contribution in [-0.4, -0.2) is 40.6 Å². The number of nitrogens with one attached hydrogen (secondary N) is 1. The topological polar surface area (TPSA) is 93.4 Å². The van der Waals surface area contributed by atoms with Gasteiger partial charge in [0, 0.05) is 18.4 Å². The fraction of sp³-hybridized carbons (Fsp3) is 0.318. The Hall–Kier alpha value is -3.26. The number of anilines is 1. The van der Waals surface area contributed by atoms with Gasteiger partial charge in [0.2, 0.25) is 0 Å². The van der Waals surface area contributed by atoms with Gasteiger partial charge in [-0.2, -0.15) is 0 Å². The zero-order valence-electron chi connectivity index (χ0n) is 16.8. The van der Waals surface area contributed by atoms with Crippen LogP contribution < -0.4 is 15.8 Å².